The number of nitrogens with zero attached hydrogens (tertiary/aromatic N) is 1. The summed E-state index contributed by atoms with van der Waals surface area (Å²) in [6.07, 6.45) is 13.7. The number of thiol groups is 1. The second kappa shape index (κ2) is 6.25. The molecule has 2 fully saturated rings. The van der Waals surface area contributed by atoms with Crippen LogP contribution in [0, 0.1) is 0 Å². The van der Waals surface area contributed by atoms with Crippen LogP contribution < -0.4 is 0 Å². The molecule has 2 saturated carbocycles. The Morgan fingerprint density at radius 1 is 0.812 bits per heavy atom. The van der Waals surface area contributed by atoms with Gasteiger partial charge in [0, 0.05) is 12.1 Å². The highest BCUT2D eigenvalue weighted by atomic mass is 32.1. The number of thiocarbonyl (C=S) groups is 1. The molecule has 16 heavy (non-hydrogen) atoms. The van der Waals surface area contributed by atoms with E-state index in [4.69, 9.17) is 12.2 Å². The highest BCUT2D eigenvalue weighted by Crippen LogP contribution is 2.31. The smallest absolute Gasteiger partial charge is 0.133 e. The zero-order chi connectivity index (χ0) is 11.4. The maximum Gasteiger partial charge on any atom is 0.133 e. The Morgan fingerprint density at radius 2 is 1.19 bits per heavy atom. The molecule has 2 rings (SSSR count). The molecule has 1 nitrogen and oxygen atoms in total. The van der Waals surface area contributed by atoms with Crippen molar-refractivity contribution in [3.8, 4) is 0 Å². The minimum atomic E-state index is 0.696. The molecule has 0 radical (unpaired) electrons. The second-order valence-corrected chi connectivity index (χ2v) is 6.39. The number of hydrogen-bond donors (Lipinski definition) is 1. The van der Waals surface area contributed by atoms with E-state index < -0.39 is 0 Å². The van der Waals surface area contributed by atoms with E-state index in [1.165, 1.54) is 64.2 Å². The summed E-state index contributed by atoms with van der Waals surface area (Å²) in [6, 6.07) is 1.39. The van der Waals surface area contributed by atoms with Gasteiger partial charge < -0.3 is 4.90 Å². The molecule has 0 bridgehead atoms. The normalized spacial score (nSPS) is 24.3. The highest BCUT2D eigenvalue weighted by molar-refractivity contribution is 8.10. The van der Waals surface area contributed by atoms with Gasteiger partial charge in [0.05, 0.1) is 0 Å². The Balaban J connectivity index is 1.99. The maximum atomic E-state index is 5.37. The van der Waals surface area contributed by atoms with E-state index in [0.29, 0.717) is 12.1 Å². The van der Waals surface area contributed by atoms with Gasteiger partial charge in [-0.2, -0.15) is 0 Å². The van der Waals surface area contributed by atoms with E-state index in [-0.39, 0.29) is 0 Å². The van der Waals surface area contributed by atoms with Crippen LogP contribution in [0.15, 0.2) is 0 Å². The lowest BCUT2D eigenvalue weighted by molar-refractivity contribution is 0.164. The van der Waals surface area contributed by atoms with Gasteiger partial charge >= 0.3 is 0 Å². The average Bonchev–Trinajstić information content (AvgIpc) is 2.31. The summed E-state index contributed by atoms with van der Waals surface area (Å²) in [7, 11) is 0. The zero-order valence-electron chi connectivity index (χ0n) is 10.0. The molecular formula is C13H23NS2. The van der Waals surface area contributed by atoms with Gasteiger partial charge in [-0.05, 0) is 25.7 Å². The summed E-state index contributed by atoms with van der Waals surface area (Å²) >= 11 is 9.84. The maximum absolute atomic E-state index is 5.37. The first-order valence-corrected chi connectivity index (χ1v) is 7.66. The Morgan fingerprint density at radius 3 is 1.50 bits per heavy atom. The van der Waals surface area contributed by atoms with E-state index >= 15 is 0 Å². The summed E-state index contributed by atoms with van der Waals surface area (Å²) in [6.45, 7) is 0. The molecule has 0 heterocycles. The standard InChI is InChI=1S/C13H23NS2/c15-13(16)14(11-7-3-1-4-8-11)12-9-5-2-6-10-12/h11-12H,1-10H2,(H,15,16). The molecule has 92 valence electrons. The van der Waals surface area contributed by atoms with Crippen molar-refractivity contribution in [3.63, 3.8) is 0 Å². The third-order valence-electron chi connectivity index (χ3n) is 4.16. The third-order valence-corrected chi connectivity index (χ3v) is 4.60. The molecule has 3 heteroatoms. The van der Waals surface area contributed by atoms with Crippen LogP contribution in [0.3, 0.4) is 0 Å². The summed E-state index contributed by atoms with van der Waals surface area (Å²) in [4.78, 5) is 2.48. The van der Waals surface area contributed by atoms with Crippen molar-refractivity contribution in [1.82, 2.24) is 4.90 Å². The van der Waals surface area contributed by atoms with Crippen molar-refractivity contribution in [1.29, 1.82) is 0 Å². The van der Waals surface area contributed by atoms with Crippen molar-refractivity contribution in [2.45, 2.75) is 76.3 Å². The van der Waals surface area contributed by atoms with Crippen LogP contribution in [0.25, 0.3) is 0 Å². The average molecular weight is 257 g/mol. The van der Waals surface area contributed by atoms with Gasteiger partial charge in [0.25, 0.3) is 0 Å². The van der Waals surface area contributed by atoms with E-state index in [1.807, 2.05) is 0 Å². The van der Waals surface area contributed by atoms with E-state index in [0.717, 1.165) is 4.32 Å². The second-order valence-electron chi connectivity index (χ2n) is 5.27. The summed E-state index contributed by atoms with van der Waals surface area (Å²) in [5.74, 6) is 0. The fraction of sp³-hybridized carbons (Fsp3) is 0.923. The van der Waals surface area contributed by atoms with Crippen LogP contribution in [0.4, 0.5) is 0 Å². The minimum Gasteiger partial charge on any atom is -0.352 e. The van der Waals surface area contributed by atoms with E-state index in [9.17, 15) is 0 Å². The predicted molar refractivity (Wildman–Crippen MR) is 77.2 cm³/mol. The molecular weight excluding hydrogens is 234 g/mol. The topological polar surface area (TPSA) is 3.24 Å². The quantitative estimate of drug-likeness (QED) is 0.584. The summed E-state index contributed by atoms with van der Waals surface area (Å²) in [5, 5.41) is 0. The molecule has 0 N–H and O–H groups in total. The monoisotopic (exact) mass is 257 g/mol. The van der Waals surface area contributed by atoms with Crippen molar-refractivity contribution < 1.29 is 0 Å². The molecule has 0 amide bonds. The molecule has 0 saturated heterocycles. The van der Waals surface area contributed by atoms with Crippen LogP contribution in [0.1, 0.15) is 64.2 Å². The van der Waals surface area contributed by atoms with Gasteiger partial charge in [-0.3, -0.25) is 0 Å². The van der Waals surface area contributed by atoms with Crippen LogP contribution >= 0.6 is 24.8 Å². The highest BCUT2D eigenvalue weighted by Gasteiger charge is 2.29. The molecule has 0 spiro atoms. The van der Waals surface area contributed by atoms with Crippen molar-refractivity contribution >= 4 is 29.2 Å². The largest absolute Gasteiger partial charge is 0.352 e. The number of rotatable bonds is 2. The lowest BCUT2D eigenvalue weighted by Crippen LogP contribution is -2.46. The van der Waals surface area contributed by atoms with Crippen LogP contribution in [0.2, 0.25) is 0 Å². The molecule has 0 unspecified atom stereocenters. The lowest BCUT2D eigenvalue weighted by atomic mass is 9.89. The molecule has 0 aromatic heterocycles. The van der Waals surface area contributed by atoms with Crippen LogP contribution in [-0.4, -0.2) is 21.3 Å². The first-order valence-electron chi connectivity index (χ1n) is 6.80. The first-order chi connectivity index (χ1) is 7.79. The van der Waals surface area contributed by atoms with Crippen LogP contribution in [-0.2, 0) is 0 Å². The fourth-order valence-electron chi connectivity index (χ4n) is 3.33. The lowest BCUT2D eigenvalue weighted by Gasteiger charge is -2.42. The van der Waals surface area contributed by atoms with Gasteiger partial charge in [-0.15, -0.1) is 12.6 Å². The van der Waals surface area contributed by atoms with E-state index in [2.05, 4.69) is 17.5 Å². The van der Waals surface area contributed by atoms with Crippen molar-refractivity contribution in [2.24, 2.45) is 0 Å². The molecule has 0 aromatic rings. The Bertz CT molecular complexity index is 212. The first kappa shape index (κ1) is 12.7. The Hall–Kier alpha value is 0.240. The molecule has 0 aliphatic heterocycles. The van der Waals surface area contributed by atoms with E-state index in [1.54, 1.807) is 0 Å². The SMILES string of the molecule is S=C(S)N(C1CCCCC1)C1CCCCC1. The van der Waals surface area contributed by atoms with Crippen LogP contribution in [0.5, 0.6) is 0 Å². The van der Waals surface area contributed by atoms with Gasteiger partial charge in [0.1, 0.15) is 4.32 Å². The third kappa shape index (κ3) is 3.13. The fourth-order valence-corrected chi connectivity index (χ4v) is 3.95. The summed E-state index contributed by atoms with van der Waals surface area (Å²) in [5.41, 5.74) is 0. The predicted octanol–water partition coefficient (Wildman–Crippen LogP) is 4.17. The molecule has 0 atom stereocenters. The van der Waals surface area contributed by atoms with Gasteiger partial charge in [-0.1, -0.05) is 50.7 Å². The Kier molecular flexibility index (Phi) is 4.96. The molecule has 0 aromatic carbocycles. The van der Waals surface area contributed by atoms with Gasteiger partial charge in [0.15, 0.2) is 0 Å². The Labute approximate surface area is 110 Å². The molecule has 2 aliphatic carbocycles. The zero-order valence-corrected chi connectivity index (χ0v) is 11.7. The summed E-state index contributed by atoms with van der Waals surface area (Å²) < 4.78 is 0.846. The van der Waals surface area contributed by atoms with Gasteiger partial charge in [0.2, 0.25) is 0 Å². The molecule has 2 aliphatic rings. The minimum absolute atomic E-state index is 0.696. The van der Waals surface area contributed by atoms with Crippen molar-refractivity contribution in [3.05, 3.63) is 0 Å². The number of hydrogen-bond acceptors (Lipinski definition) is 1. The van der Waals surface area contributed by atoms with Gasteiger partial charge in [-0.25, -0.2) is 0 Å². The van der Waals surface area contributed by atoms with Crippen molar-refractivity contribution in [2.75, 3.05) is 0 Å².